The molecule has 1 aromatic rings. The highest BCUT2D eigenvalue weighted by Crippen LogP contribution is 2.25. The van der Waals surface area contributed by atoms with Crippen LogP contribution in [-0.4, -0.2) is 28.3 Å². The van der Waals surface area contributed by atoms with Gasteiger partial charge in [-0.3, -0.25) is 0 Å². The van der Waals surface area contributed by atoms with E-state index in [1.165, 1.54) is 0 Å². The molecule has 2 rings (SSSR count). The van der Waals surface area contributed by atoms with Crippen LogP contribution in [0.25, 0.3) is 0 Å². The van der Waals surface area contributed by atoms with E-state index < -0.39 is 5.60 Å². The molecule has 12 heavy (non-hydrogen) atoms. The van der Waals surface area contributed by atoms with E-state index in [2.05, 4.69) is 15.5 Å². The fourth-order valence-corrected chi connectivity index (χ4v) is 1.35. The van der Waals surface area contributed by atoms with E-state index in [1.54, 1.807) is 6.92 Å². The number of hydrogen-bond acceptors (Lipinski definition) is 5. The Bertz CT molecular complexity index is 278. The van der Waals surface area contributed by atoms with Crippen LogP contribution in [-0.2, 0) is 5.60 Å². The van der Waals surface area contributed by atoms with Gasteiger partial charge in [0.25, 0.3) is 5.89 Å². The molecule has 1 saturated heterocycles. The molecule has 1 aliphatic rings. The highest BCUT2D eigenvalue weighted by atomic mass is 16.5. The summed E-state index contributed by atoms with van der Waals surface area (Å²) in [6.45, 7) is 3.02. The van der Waals surface area contributed by atoms with Gasteiger partial charge in [-0.2, -0.15) is 4.98 Å². The number of aliphatic hydroxyl groups is 1. The zero-order chi connectivity index (χ0) is 8.60. The molecule has 0 unspecified atom stereocenters. The summed E-state index contributed by atoms with van der Waals surface area (Å²) in [6, 6.07) is 0. The molecule has 0 aliphatic carbocycles. The Morgan fingerprint density at radius 2 is 2.50 bits per heavy atom. The minimum atomic E-state index is -0.943. The van der Waals surface area contributed by atoms with Crippen LogP contribution >= 0.6 is 0 Å². The lowest BCUT2D eigenvalue weighted by Crippen LogP contribution is -2.28. The lowest BCUT2D eigenvalue weighted by atomic mass is 10.0. The summed E-state index contributed by atoms with van der Waals surface area (Å²) in [5, 5.41) is 16.6. The number of nitrogens with zero attached hydrogens (tertiary/aromatic N) is 2. The molecule has 0 amide bonds. The van der Waals surface area contributed by atoms with E-state index in [1.807, 2.05) is 0 Å². The number of β-amino-alcohol motifs (C(OH)–C–C–N with tert-alkyl or cyclic N) is 1. The first kappa shape index (κ1) is 7.70. The van der Waals surface area contributed by atoms with E-state index >= 15 is 0 Å². The summed E-state index contributed by atoms with van der Waals surface area (Å²) in [4.78, 5) is 4.00. The Kier molecular flexibility index (Phi) is 1.62. The van der Waals surface area contributed by atoms with Crippen molar-refractivity contribution in [1.82, 2.24) is 15.5 Å². The number of aryl methyl sites for hydroxylation is 1. The van der Waals surface area contributed by atoms with Crippen LogP contribution in [0, 0.1) is 6.92 Å². The average Bonchev–Trinajstić information content (AvgIpc) is 2.59. The Morgan fingerprint density at radius 1 is 1.67 bits per heavy atom. The van der Waals surface area contributed by atoms with Crippen molar-refractivity contribution in [3.8, 4) is 0 Å². The zero-order valence-electron chi connectivity index (χ0n) is 6.87. The molecule has 1 atom stereocenters. The highest BCUT2D eigenvalue weighted by Gasteiger charge is 2.38. The molecule has 5 nitrogen and oxygen atoms in total. The third kappa shape index (κ3) is 1.11. The predicted octanol–water partition coefficient (Wildman–Crippen LogP) is -0.441. The molecule has 0 aromatic carbocycles. The second-order valence-electron chi connectivity index (χ2n) is 3.11. The predicted molar refractivity (Wildman–Crippen MR) is 40.4 cm³/mol. The molecule has 0 saturated carbocycles. The molecular formula is C7H11N3O2. The van der Waals surface area contributed by atoms with E-state index in [0.717, 1.165) is 6.54 Å². The maximum Gasteiger partial charge on any atom is 0.259 e. The first-order chi connectivity index (χ1) is 5.71. The SMILES string of the molecule is Cc1noc([C@@]2(O)CCNC2)n1. The van der Waals surface area contributed by atoms with Crippen molar-refractivity contribution in [3.05, 3.63) is 11.7 Å². The molecule has 0 radical (unpaired) electrons. The van der Waals surface area contributed by atoms with Gasteiger partial charge in [-0.05, 0) is 19.9 Å². The molecule has 66 valence electrons. The first-order valence-corrected chi connectivity index (χ1v) is 3.95. The number of hydrogen-bond donors (Lipinski definition) is 2. The third-order valence-electron chi connectivity index (χ3n) is 2.06. The van der Waals surface area contributed by atoms with Gasteiger partial charge < -0.3 is 14.9 Å². The Labute approximate surface area is 69.8 Å². The van der Waals surface area contributed by atoms with Crippen molar-refractivity contribution in [3.63, 3.8) is 0 Å². The van der Waals surface area contributed by atoms with Crippen LogP contribution in [0.15, 0.2) is 4.52 Å². The van der Waals surface area contributed by atoms with Gasteiger partial charge >= 0.3 is 0 Å². The van der Waals surface area contributed by atoms with Crippen LogP contribution in [0.1, 0.15) is 18.1 Å². The fraction of sp³-hybridized carbons (Fsp3) is 0.714. The second kappa shape index (κ2) is 2.53. The topological polar surface area (TPSA) is 71.2 Å². The number of aromatic nitrogens is 2. The Balaban J connectivity index is 2.28. The summed E-state index contributed by atoms with van der Waals surface area (Å²) >= 11 is 0. The molecule has 1 aliphatic heterocycles. The Morgan fingerprint density at radius 3 is 3.00 bits per heavy atom. The quantitative estimate of drug-likeness (QED) is 0.596. The molecule has 2 N–H and O–H groups in total. The van der Waals surface area contributed by atoms with Gasteiger partial charge in [0.1, 0.15) is 0 Å². The number of rotatable bonds is 1. The summed E-state index contributed by atoms with van der Waals surface area (Å²) in [5.41, 5.74) is -0.943. The van der Waals surface area contributed by atoms with Crippen molar-refractivity contribution in [2.24, 2.45) is 0 Å². The lowest BCUT2D eigenvalue weighted by molar-refractivity contribution is 0.0243. The molecule has 2 heterocycles. The van der Waals surface area contributed by atoms with E-state index in [4.69, 9.17) is 4.52 Å². The minimum absolute atomic E-state index is 0.324. The van der Waals surface area contributed by atoms with Crippen molar-refractivity contribution < 1.29 is 9.63 Å². The van der Waals surface area contributed by atoms with Gasteiger partial charge in [0, 0.05) is 6.54 Å². The highest BCUT2D eigenvalue weighted by molar-refractivity contribution is 5.02. The molecule has 0 bridgehead atoms. The summed E-state index contributed by atoms with van der Waals surface area (Å²) in [5.74, 6) is 0.885. The normalized spacial score (nSPS) is 29.5. The molecule has 5 heteroatoms. The van der Waals surface area contributed by atoms with Crippen LogP contribution < -0.4 is 5.32 Å². The van der Waals surface area contributed by atoms with Gasteiger partial charge in [0.2, 0.25) is 0 Å². The van der Waals surface area contributed by atoms with Gasteiger partial charge in [-0.1, -0.05) is 5.16 Å². The first-order valence-electron chi connectivity index (χ1n) is 3.95. The maximum atomic E-state index is 9.92. The standard InChI is InChI=1S/C7H11N3O2/c1-5-9-6(12-10-5)7(11)2-3-8-4-7/h8,11H,2-4H2,1H3/t7-/m1/s1. The average molecular weight is 169 g/mol. The second-order valence-corrected chi connectivity index (χ2v) is 3.11. The largest absolute Gasteiger partial charge is 0.379 e. The van der Waals surface area contributed by atoms with E-state index in [-0.39, 0.29) is 0 Å². The van der Waals surface area contributed by atoms with Crippen LogP contribution in [0.3, 0.4) is 0 Å². The van der Waals surface area contributed by atoms with Gasteiger partial charge in [-0.15, -0.1) is 0 Å². The van der Waals surface area contributed by atoms with Crippen LogP contribution in [0.4, 0.5) is 0 Å². The summed E-state index contributed by atoms with van der Waals surface area (Å²) in [7, 11) is 0. The van der Waals surface area contributed by atoms with Crippen molar-refractivity contribution in [1.29, 1.82) is 0 Å². The van der Waals surface area contributed by atoms with Crippen LogP contribution in [0.2, 0.25) is 0 Å². The smallest absolute Gasteiger partial charge is 0.259 e. The Hall–Kier alpha value is -0.940. The van der Waals surface area contributed by atoms with Gasteiger partial charge in [0.15, 0.2) is 11.4 Å². The summed E-state index contributed by atoms with van der Waals surface area (Å²) < 4.78 is 4.90. The minimum Gasteiger partial charge on any atom is -0.379 e. The maximum absolute atomic E-state index is 9.92. The fourth-order valence-electron chi connectivity index (χ4n) is 1.35. The molecular weight excluding hydrogens is 158 g/mol. The van der Waals surface area contributed by atoms with Crippen LogP contribution in [0.5, 0.6) is 0 Å². The van der Waals surface area contributed by atoms with Crippen molar-refractivity contribution in [2.45, 2.75) is 18.9 Å². The van der Waals surface area contributed by atoms with Gasteiger partial charge in [-0.25, -0.2) is 0 Å². The zero-order valence-corrected chi connectivity index (χ0v) is 6.87. The van der Waals surface area contributed by atoms with E-state index in [9.17, 15) is 5.11 Å². The summed E-state index contributed by atoms with van der Waals surface area (Å²) in [6.07, 6.45) is 0.634. The molecule has 1 fully saturated rings. The van der Waals surface area contributed by atoms with Crippen molar-refractivity contribution in [2.75, 3.05) is 13.1 Å². The van der Waals surface area contributed by atoms with Crippen molar-refractivity contribution >= 4 is 0 Å². The lowest BCUT2D eigenvalue weighted by Gasteiger charge is -2.14. The molecule has 0 spiro atoms. The van der Waals surface area contributed by atoms with Gasteiger partial charge in [0.05, 0.1) is 0 Å². The number of nitrogens with one attached hydrogen (secondary N) is 1. The third-order valence-corrected chi connectivity index (χ3v) is 2.06. The monoisotopic (exact) mass is 169 g/mol. The van der Waals surface area contributed by atoms with E-state index in [0.29, 0.717) is 24.7 Å². The molecule has 1 aromatic heterocycles.